The van der Waals surface area contributed by atoms with E-state index in [1.165, 1.54) is 29.5 Å². The van der Waals surface area contributed by atoms with E-state index < -0.39 is 0 Å². The van der Waals surface area contributed by atoms with Crippen molar-refractivity contribution in [1.82, 2.24) is 0 Å². The first-order valence-electron chi connectivity index (χ1n) is 9.21. The molecule has 0 radical (unpaired) electrons. The quantitative estimate of drug-likeness (QED) is 0.718. The highest BCUT2D eigenvalue weighted by Crippen LogP contribution is 2.58. The number of phenolic OH excluding ortho intramolecular Hbond substituents is 1. The molecule has 22 heavy (non-hydrogen) atoms. The fourth-order valence-corrected chi connectivity index (χ4v) is 4.83. The number of aryl methyl sites for hydroxylation is 1. The number of benzene rings is 1. The minimum absolute atomic E-state index is 0.536. The van der Waals surface area contributed by atoms with Crippen LogP contribution in [0.15, 0.2) is 24.3 Å². The average Bonchev–Trinajstić information content (AvgIpc) is 3.14. The lowest BCUT2D eigenvalue weighted by Crippen LogP contribution is -2.22. The van der Waals surface area contributed by atoms with Crippen LogP contribution < -0.4 is 0 Å². The Kier molecular flexibility index (Phi) is 4.34. The van der Waals surface area contributed by atoms with Gasteiger partial charge in [-0.25, -0.2) is 0 Å². The van der Waals surface area contributed by atoms with Gasteiger partial charge in [0.1, 0.15) is 5.75 Å². The zero-order chi connectivity index (χ0) is 15.9. The Morgan fingerprint density at radius 1 is 1.23 bits per heavy atom. The molecule has 3 aliphatic rings. The molecule has 4 rings (SSSR count). The normalized spacial score (nSPS) is 34.5. The van der Waals surface area contributed by atoms with Gasteiger partial charge in [0.05, 0.1) is 0 Å². The number of phenols is 1. The van der Waals surface area contributed by atoms with Crippen molar-refractivity contribution in [3.63, 3.8) is 0 Å². The number of aromatic hydroxyl groups is 1. The third-order valence-corrected chi connectivity index (χ3v) is 5.99. The summed E-state index contributed by atoms with van der Waals surface area (Å²) < 4.78 is 0. The van der Waals surface area contributed by atoms with Crippen LogP contribution in [0.5, 0.6) is 5.75 Å². The van der Waals surface area contributed by atoms with Crippen LogP contribution in [-0.2, 0) is 12.8 Å². The lowest BCUT2D eigenvalue weighted by molar-refractivity contribution is 0.322. The number of allylic oxidation sites excluding steroid dienone is 2. The monoisotopic (exact) mass is 298 g/mol. The van der Waals surface area contributed by atoms with E-state index >= 15 is 0 Å². The van der Waals surface area contributed by atoms with E-state index in [2.05, 4.69) is 32.1 Å². The Morgan fingerprint density at radius 3 is 2.59 bits per heavy atom. The Morgan fingerprint density at radius 2 is 1.95 bits per heavy atom. The molecule has 0 spiro atoms. The second kappa shape index (κ2) is 6.10. The fourth-order valence-electron chi connectivity index (χ4n) is 4.83. The number of rotatable bonds is 2. The Labute approximate surface area is 135 Å². The first-order chi connectivity index (χ1) is 10.7. The molecule has 1 heteroatoms. The highest BCUT2D eigenvalue weighted by molar-refractivity contribution is 5.51. The van der Waals surface area contributed by atoms with Crippen molar-refractivity contribution in [1.29, 1.82) is 0 Å². The van der Waals surface area contributed by atoms with E-state index in [4.69, 9.17) is 0 Å². The van der Waals surface area contributed by atoms with E-state index in [1.807, 2.05) is 19.9 Å². The standard InChI is InChI=1S/C19H24O.C2H6/c1-3-12-7-8-17(20)16-10-13-5-4-6-14(15-9-11(15)2)19(13)18(12)16;1-2/h4,6-8,11,13-15,19-20H,3,5,9-10H2,1-2H3;1-2H3/t11-,13?,14?,15?,19?;/m1./s1. The molecular weight excluding hydrogens is 268 g/mol. The molecule has 1 fully saturated rings. The van der Waals surface area contributed by atoms with Crippen LogP contribution in [0.3, 0.4) is 0 Å². The molecule has 0 amide bonds. The van der Waals surface area contributed by atoms with Crippen LogP contribution in [0.1, 0.15) is 63.1 Å². The van der Waals surface area contributed by atoms with Gasteiger partial charge >= 0.3 is 0 Å². The van der Waals surface area contributed by atoms with Crippen LogP contribution in [0.25, 0.3) is 0 Å². The molecule has 0 saturated heterocycles. The van der Waals surface area contributed by atoms with E-state index in [1.54, 1.807) is 0 Å². The van der Waals surface area contributed by atoms with Crippen molar-refractivity contribution in [2.24, 2.45) is 23.7 Å². The van der Waals surface area contributed by atoms with Crippen molar-refractivity contribution < 1.29 is 5.11 Å². The number of hydrogen-bond acceptors (Lipinski definition) is 1. The van der Waals surface area contributed by atoms with Crippen molar-refractivity contribution in [2.45, 2.75) is 59.3 Å². The summed E-state index contributed by atoms with van der Waals surface area (Å²) in [7, 11) is 0. The first-order valence-corrected chi connectivity index (χ1v) is 9.21. The summed E-state index contributed by atoms with van der Waals surface area (Å²) in [4.78, 5) is 0. The summed E-state index contributed by atoms with van der Waals surface area (Å²) in [5, 5.41) is 10.3. The van der Waals surface area contributed by atoms with Gasteiger partial charge < -0.3 is 5.11 Å². The summed E-state index contributed by atoms with van der Waals surface area (Å²) in [6, 6.07) is 4.07. The van der Waals surface area contributed by atoms with Gasteiger partial charge in [0.25, 0.3) is 0 Å². The van der Waals surface area contributed by atoms with Gasteiger partial charge in [-0.05, 0) is 78.0 Å². The smallest absolute Gasteiger partial charge is 0.119 e. The second-order valence-electron chi connectivity index (χ2n) is 7.10. The van der Waals surface area contributed by atoms with Crippen molar-refractivity contribution in [3.8, 4) is 5.75 Å². The molecule has 0 aromatic heterocycles. The molecule has 1 saturated carbocycles. The molecule has 4 unspecified atom stereocenters. The van der Waals surface area contributed by atoms with Gasteiger partial charge in [-0.3, -0.25) is 0 Å². The van der Waals surface area contributed by atoms with Gasteiger partial charge in [0, 0.05) is 0 Å². The van der Waals surface area contributed by atoms with Crippen molar-refractivity contribution in [3.05, 3.63) is 41.0 Å². The van der Waals surface area contributed by atoms with Gasteiger partial charge in [0.2, 0.25) is 0 Å². The molecule has 1 N–H and O–H groups in total. The van der Waals surface area contributed by atoms with Gasteiger partial charge in [-0.15, -0.1) is 0 Å². The summed E-state index contributed by atoms with van der Waals surface area (Å²) in [5.41, 5.74) is 4.26. The Balaban J connectivity index is 0.000000693. The lowest BCUT2D eigenvalue weighted by Gasteiger charge is -2.32. The SMILES string of the molecule is CC.CCc1ccc(O)c2c1C1C(CC=CC1C1C[C@H]1C)C2. The Bertz CT molecular complexity index is 572. The highest BCUT2D eigenvalue weighted by Gasteiger charge is 2.48. The van der Waals surface area contributed by atoms with Crippen LogP contribution in [0.4, 0.5) is 0 Å². The maximum atomic E-state index is 10.3. The molecule has 0 heterocycles. The van der Waals surface area contributed by atoms with Crippen molar-refractivity contribution in [2.75, 3.05) is 0 Å². The first kappa shape index (κ1) is 15.6. The third-order valence-electron chi connectivity index (χ3n) is 5.99. The molecule has 0 aliphatic heterocycles. The second-order valence-corrected chi connectivity index (χ2v) is 7.10. The molecule has 1 aromatic carbocycles. The molecule has 5 atom stereocenters. The zero-order valence-corrected chi connectivity index (χ0v) is 14.5. The summed E-state index contributed by atoms with van der Waals surface area (Å²) in [6.07, 6.45) is 9.66. The van der Waals surface area contributed by atoms with E-state index in [0.29, 0.717) is 11.7 Å². The number of fused-ring (bicyclic) bond motifs is 3. The molecule has 120 valence electrons. The maximum absolute atomic E-state index is 10.3. The lowest BCUT2D eigenvalue weighted by atomic mass is 9.72. The minimum atomic E-state index is 0.536. The predicted molar refractivity (Wildman–Crippen MR) is 93.3 cm³/mol. The molecule has 0 bridgehead atoms. The minimum Gasteiger partial charge on any atom is -0.508 e. The fraction of sp³-hybridized carbons (Fsp3) is 0.619. The predicted octanol–water partition coefficient (Wildman–Crippen LogP) is 5.47. The molecule has 1 aromatic rings. The van der Waals surface area contributed by atoms with E-state index in [0.717, 1.165) is 36.5 Å². The van der Waals surface area contributed by atoms with Gasteiger partial charge in [-0.2, -0.15) is 0 Å². The van der Waals surface area contributed by atoms with E-state index in [-0.39, 0.29) is 0 Å². The van der Waals surface area contributed by atoms with Crippen LogP contribution in [0.2, 0.25) is 0 Å². The highest BCUT2D eigenvalue weighted by atomic mass is 16.3. The number of hydrogen-bond donors (Lipinski definition) is 1. The van der Waals surface area contributed by atoms with Crippen LogP contribution >= 0.6 is 0 Å². The largest absolute Gasteiger partial charge is 0.508 e. The zero-order valence-electron chi connectivity index (χ0n) is 14.5. The van der Waals surface area contributed by atoms with Gasteiger partial charge in [-0.1, -0.05) is 45.9 Å². The van der Waals surface area contributed by atoms with Crippen LogP contribution in [0, 0.1) is 23.7 Å². The van der Waals surface area contributed by atoms with E-state index in [9.17, 15) is 5.11 Å². The topological polar surface area (TPSA) is 20.2 Å². The maximum Gasteiger partial charge on any atom is 0.119 e. The Hall–Kier alpha value is -1.24. The third kappa shape index (κ3) is 2.39. The van der Waals surface area contributed by atoms with Crippen molar-refractivity contribution >= 4 is 0 Å². The molecule has 1 nitrogen and oxygen atoms in total. The summed E-state index contributed by atoms with van der Waals surface area (Å²) >= 11 is 0. The summed E-state index contributed by atoms with van der Waals surface area (Å²) in [6.45, 7) is 8.63. The molecular formula is C21H30O. The van der Waals surface area contributed by atoms with Gasteiger partial charge in [0.15, 0.2) is 0 Å². The summed E-state index contributed by atoms with van der Waals surface area (Å²) in [5.74, 6) is 4.44. The van der Waals surface area contributed by atoms with Crippen LogP contribution in [-0.4, -0.2) is 5.11 Å². The average molecular weight is 298 g/mol. The molecule has 3 aliphatic carbocycles.